The normalized spacial score (nSPS) is 15.6. The number of hydrogen-bond acceptors (Lipinski definition) is 8. The van der Waals surface area contributed by atoms with Crippen LogP contribution >= 0.6 is 11.7 Å². The van der Waals surface area contributed by atoms with Crippen molar-refractivity contribution < 1.29 is 13.2 Å². The van der Waals surface area contributed by atoms with Crippen molar-refractivity contribution in [3.05, 3.63) is 29.8 Å². The number of amides is 1. The number of nitrogen functional groups attached to an aromatic ring is 1. The van der Waals surface area contributed by atoms with Crippen molar-refractivity contribution in [3.8, 4) is 0 Å². The number of aryl methyl sites for hydroxylation is 1. The molecule has 3 rings (SSSR count). The Kier molecular flexibility index (Phi) is 8.22. The second-order valence-electron chi connectivity index (χ2n) is 7.79. The highest BCUT2D eigenvalue weighted by Gasteiger charge is 2.29. The van der Waals surface area contributed by atoms with Crippen molar-refractivity contribution in [2.45, 2.75) is 56.4 Å². The number of nitrogens with two attached hydrogens (primary N) is 1. The molecule has 9 nitrogen and oxygen atoms in total. The molecule has 1 fully saturated rings. The first-order valence-electron chi connectivity index (χ1n) is 10.6. The van der Waals surface area contributed by atoms with Crippen molar-refractivity contribution in [2.75, 3.05) is 30.7 Å². The van der Waals surface area contributed by atoms with E-state index in [0.29, 0.717) is 44.1 Å². The molecule has 2 heterocycles. The van der Waals surface area contributed by atoms with Gasteiger partial charge in [0.1, 0.15) is 6.04 Å². The lowest BCUT2D eigenvalue weighted by Gasteiger charge is -2.30. The smallest absolute Gasteiger partial charge is 0.241 e. The lowest BCUT2D eigenvalue weighted by atomic mass is 10.1. The summed E-state index contributed by atoms with van der Waals surface area (Å²) in [6, 6.07) is 5.85. The molecule has 1 amide bonds. The lowest BCUT2D eigenvalue weighted by molar-refractivity contribution is -0.134. The Morgan fingerprint density at radius 3 is 2.52 bits per heavy atom. The number of unbranched alkanes of at least 4 members (excludes halogenated alkanes) is 1. The molecule has 0 aliphatic carbocycles. The van der Waals surface area contributed by atoms with Crippen molar-refractivity contribution in [1.82, 2.24) is 18.4 Å². The number of rotatable bonds is 10. The number of benzene rings is 1. The predicted octanol–water partition coefficient (Wildman–Crippen LogP) is 2.37. The highest BCUT2D eigenvalue weighted by molar-refractivity contribution is 7.89. The molecule has 1 unspecified atom stereocenters. The van der Waals surface area contributed by atoms with Crippen LogP contribution in [0.4, 0.5) is 11.6 Å². The number of piperidine rings is 1. The highest BCUT2D eigenvalue weighted by atomic mass is 32.2. The maximum atomic E-state index is 13.1. The van der Waals surface area contributed by atoms with Crippen LogP contribution in [0.3, 0.4) is 0 Å². The van der Waals surface area contributed by atoms with Crippen LogP contribution in [0.25, 0.3) is 0 Å². The zero-order chi connectivity index (χ0) is 22.3. The molecule has 0 spiro atoms. The second kappa shape index (κ2) is 10.9. The van der Waals surface area contributed by atoms with Gasteiger partial charge in [-0.1, -0.05) is 17.7 Å². The first-order chi connectivity index (χ1) is 14.9. The van der Waals surface area contributed by atoms with Crippen LogP contribution < -0.4 is 15.8 Å². The first-order valence-corrected chi connectivity index (χ1v) is 12.8. The fraction of sp³-hybridized carbons (Fsp3) is 0.550. The maximum absolute atomic E-state index is 13.1. The van der Waals surface area contributed by atoms with Gasteiger partial charge >= 0.3 is 0 Å². The minimum absolute atomic E-state index is 0.142. The maximum Gasteiger partial charge on any atom is 0.241 e. The molecule has 1 aromatic heterocycles. The van der Waals surface area contributed by atoms with Crippen LogP contribution in [0.2, 0.25) is 0 Å². The Hall–Kier alpha value is -2.24. The monoisotopic (exact) mass is 466 g/mol. The molecule has 1 saturated heterocycles. The molecule has 1 aliphatic heterocycles. The molecule has 11 heteroatoms. The van der Waals surface area contributed by atoms with E-state index in [0.717, 1.165) is 43.0 Å². The number of carbonyl (C=O) groups excluding carboxylic acids is 1. The Labute approximate surface area is 187 Å². The third-order valence-electron chi connectivity index (χ3n) is 5.32. The number of likely N-dealkylation sites (tertiary alicyclic amines) is 1. The summed E-state index contributed by atoms with van der Waals surface area (Å²) in [6.07, 6.45) is 4.85. The third kappa shape index (κ3) is 6.62. The van der Waals surface area contributed by atoms with Gasteiger partial charge in [0.2, 0.25) is 15.9 Å². The van der Waals surface area contributed by atoms with Crippen molar-refractivity contribution in [2.24, 2.45) is 0 Å². The van der Waals surface area contributed by atoms with Gasteiger partial charge in [-0.25, -0.2) is 8.42 Å². The summed E-state index contributed by atoms with van der Waals surface area (Å²) in [5.41, 5.74) is 6.68. The SMILES string of the molecule is Cc1ccc(S(=O)(=O)NC(CCCCNc2nsnc2N)C(=O)N2CCCCC2)cc1. The largest absolute Gasteiger partial charge is 0.380 e. The third-order valence-corrected chi connectivity index (χ3v) is 7.35. The molecule has 0 radical (unpaired) electrons. The van der Waals surface area contributed by atoms with E-state index >= 15 is 0 Å². The minimum Gasteiger partial charge on any atom is -0.380 e. The van der Waals surface area contributed by atoms with Crippen molar-refractivity contribution in [1.29, 1.82) is 0 Å². The number of nitrogens with one attached hydrogen (secondary N) is 2. The van der Waals surface area contributed by atoms with Crippen LogP contribution in [0, 0.1) is 6.92 Å². The first kappa shape index (κ1) is 23.4. The molecular formula is C20H30N6O3S2. The predicted molar refractivity (Wildman–Crippen MR) is 122 cm³/mol. The number of sulfonamides is 1. The van der Waals surface area contributed by atoms with Crippen molar-refractivity contribution >= 4 is 39.3 Å². The molecule has 170 valence electrons. The van der Waals surface area contributed by atoms with Gasteiger partial charge in [-0.2, -0.15) is 13.5 Å². The average molecular weight is 467 g/mol. The van der Waals surface area contributed by atoms with E-state index in [1.807, 2.05) is 6.92 Å². The van der Waals surface area contributed by atoms with E-state index in [9.17, 15) is 13.2 Å². The lowest BCUT2D eigenvalue weighted by Crippen LogP contribution is -2.49. The van der Waals surface area contributed by atoms with Gasteiger partial charge in [-0.15, -0.1) is 0 Å². The fourth-order valence-corrected chi connectivity index (χ4v) is 5.22. The van der Waals surface area contributed by atoms with Gasteiger partial charge in [0.25, 0.3) is 0 Å². The fourth-order valence-electron chi connectivity index (χ4n) is 3.54. The van der Waals surface area contributed by atoms with Gasteiger partial charge in [0.05, 0.1) is 16.6 Å². The van der Waals surface area contributed by atoms with Gasteiger partial charge in [0.15, 0.2) is 11.6 Å². The molecule has 0 bridgehead atoms. The van der Waals surface area contributed by atoms with E-state index in [2.05, 4.69) is 18.8 Å². The summed E-state index contributed by atoms with van der Waals surface area (Å²) in [4.78, 5) is 15.1. The average Bonchev–Trinajstić information content (AvgIpc) is 3.17. The van der Waals surface area contributed by atoms with Crippen LogP contribution in [-0.2, 0) is 14.8 Å². The van der Waals surface area contributed by atoms with Gasteiger partial charge in [-0.3, -0.25) is 4.79 Å². The zero-order valence-corrected chi connectivity index (χ0v) is 19.3. The molecule has 1 aliphatic rings. The van der Waals surface area contributed by atoms with Gasteiger partial charge in [0, 0.05) is 19.6 Å². The molecule has 4 N–H and O–H groups in total. The highest BCUT2D eigenvalue weighted by Crippen LogP contribution is 2.17. The molecule has 0 saturated carbocycles. The Balaban J connectivity index is 1.61. The van der Waals surface area contributed by atoms with E-state index in [4.69, 9.17) is 5.73 Å². The number of nitrogens with zero attached hydrogens (tertiary/aromatic N) is 3. The van der Waals surface area contributed by atoms with E-state index < -0.39 is 16.1 Å². The molecule has 2 aromatic rings. The van der Waals surface area contributed by atoms with Crippen LogP contribution in [0.1, 0.15) is 44.1 Å². The zero-order valence-electron chi connectivity index (χ0n) is 17.7. The summed E-state index contributed by atoms with van der Waals surface area (Å²) in [5, 5.41) is 3.12. The topological polar surface area (TPSA) is 130 Å². The molecule has 1 atom stereocenters. The van der Waals surface area contributed by atoms with Crippen molar-refractivity contribution in [3.63, 3.8) is 0 Å². The molecular weight excluding hydrogens is 436 g/mol. The number of anilines is 2. The quantitative estimate of drug-likeness (QED) is 0.458. The summed E-state index contributed by atoms with van der Waals surface area (Å²) < 4.78 is 36.4. The summed E-state index contributed by atoms with van der Waals surface area (Å²) >= 11 is 1.05. The van der Waals surface area contributed by atoms with Gasteiger partial charge in [-0.05, 0) is 57.6 Å². The Bertz CT molecular complexity index is 956. The van der Waals surface area contributed by atoms with Gasteiger partial charge < -0.3 is 16.0 Å². The summed E-state index contributed by atoms with van der Waals surface area (Å²) in [6.45, 7) is 3.87. The standard InChI is InChI=1S/C20H30N6O3S2/c1-15-8-10-16(11-9-15)31(28,29)25-17(20(27)26-13-5-2-6-14-26)7-3-4-12-22-19-18(21)23-30-24-19/h8-11,17,25H,2-7,12-14H2,1H3,(H2,21,23)(H,22,24). The molecule has 31 heavy (non-hydrogen) atoms. The molecule has 1 aromatic carbocycles. The Morgan fingerprint density at radius 1 is 1.16 bits per heavy atom. The minimum atomic E-state index is -3.79. The Morgan fingerprint density at radius 2 is 1.87 bits per heavy atom. The van der Waals surface area contributed by atoms with Crippen LogP contribution in [-0.4, -0.2) is 53.6 Å². The van der Waals surface area contributed by atoms with Crippen LogP contribution in [0.15, 0.2) is 29.2 Å². The number of hydrogen-bond donors (Lipinski definition) is 3. The van der Waals surface area contributed by atoms with Crippen LogP contribution in [0.5, 0.6) is 0 Å². The summed E-state index contributed by atoms with van der Waals surface area (Å²) in [5.74, 6) is 0.788. The van der Waals surface area contributed by atoms with E-state index in [1.165, 1.54) is 0 Å². The van der Waals surface area contributed by atoms with E-state index in [1.54, 1.807) is 29.2 Å². The van der Waals surface area contributed by atoms with E-state index in [-0.39, 0.29) is 10.8 Å². The summed E-state index contributed by atoms with van der Waals surface area (Å²) in [7, 11) is -3.79. The number of carbonyl (C=O) groups is 1. The second-order valence-corrected chi connectivity index (χ2v) is 10.0. The number of aromatic nitrogens is 2.